The third-order valence-corrected chi connectivity index (χ3v) is 10.2. The van der Waals surface area contributed by atoms with Crippen LogP contribution in [0.25, 0.3) is 79.2 Å². The molecule has 5 heterocycles. The third-order valence-electron chi connectivity index (χ3n) is 10.2. The van der Waals surface area contributed by atoms with E-state index in [1.165, 1.54) is 0 Å². The van der Waals surface area contributed by atoms with Crippen molar-refractivity contribution in [2.24, 2.45) is 0 Å². The molecular weight excluding hydrogens is 752 g/mol. The van der Waals surface area contributed by atoms with Crippen LogP contribution >= 0.6 is 0 Å². The van der Waals surface area contributed by atoms with E-state index in [1.807, 2.05) is 60.7 Å². The van der Waals surface area contributed by atoms with Crippen molar-refractivity contribution in [2.75, 3.05) is 28.4 Å². The van der Waals surface area contributed by atoms with Crippen LogP contribution in [0, 0.1) is 0 Å². The van der Waals surface area contributed by atoms with E-state index < -0.39 is 0 Å². The summed E-state index contributed by atoms with van der Waals surface area (Å²) in [6.45, 7) is 0. The number of hydrogen-bond acceptors (Lipinski definition) is 6. The summed E-state index contributed by atoms with van der Waals surface area (Å²) in [5, 5.41) is 0. The second-order valence-electron chi connectivity index (χ2n) is 13.5. The number of H-pyrrole nitrogens is 2. The van der Waals surface area contributed by atoms with E-state index in [0.29, 0.717) is 0 Å². The Hall–Kier alpha value is -6.80. The van der Waals surface area contributed by atoms with Gasteiger partial charge in [-0.25, -0.2) is 9.97 Å². The first-order chi connectivity index (χ1) is 27.5. The summed E-state index contributed by atoms with van der Waals surface area (Å²) in [5.74, 6) is 3.08. The molecule has 8 bridgehead atoms. The number of fused-ring (bicyclic) bond motifs is 8. The van der Waals surface area contributed by atoms with Gasteiger partial charge >= 0.3 is 0 Å². The Bertz CT molecular complexity index is 2820. The van der Waals surface area contributed by atoms with Crippen LogP contribution in [0.2, 0.25) is 0 Å². The smallest absolute Gasteiger partial charge is 0.118 e. The minimum atomic E-state index is 0. The largest absolute Gasteiger partial charge is 0.497 e. The molecule has 9 rings (SSSR count). The van der Waals surface area contributed by atoms with E-state index in [1.54, 1.807) is 28.4 Å². The molecular formula is C48H38FeN4O4. The fraction of sp³-hybridized carbons (Fsp3) is 0.0833. The molecule has 0 fully saturated rings. The van der Waals surface area contributed by atoms with Crippen LogP contribution < -0.4 is 18.9 Å². The molecule has 282 valence electrons. The van der Waals surface area contributed by atoms with Gasteiger partial charge in [-0.1, -0.05) is 48.5 Å². The Kier molecular flexibility index (Phi) is 10.3. The summed E-state index contributed by atoms with van der Waals surface area (Å²) in [6, 6.07) is 43.1. The number of rotatable bonds is 8. The van der Waals surface area contributed by atoms with Crippen LogP contribution in [0.4, 0.5) is 0 Å². The van der Waals surface area contributed by atoms with Gasteiger partial charge in [-0.2, -0.15) is 0 Å². The van der Waals surface area contributed by atoms with Gasteiger partial charge in [0, 0.05) is 55.9 Å². The van der Waals surface area contributed by atoms with Gasteiger partial charge in [0.2, 0.25) is 0 Å². The Labute approximate surface area is 341 Å². The van der Waals surface area contributed by atoms with Gasteiger partial charge in [-0.05, 0) is 119 Å². The predicted octanol–water partition coefficient (Wildman–Crippen LogP) is 11.1. The first-order valence-electron chi connectivity index (χ1n) is 18.3. The minimum Gasteiger partial charge on any atom is -0.497 e. The molecule has 9 heteroatoms. The van der Waals surface area contributed by atoms with Crippen molar-refractivity contribution in [1.29, 1.82) is 0 Å². The van der Waals surface area contributed by atoms with Gasteiger partial charge in [0.15, 0.2) is 0 Å². The molecule has 0 saturated heterocycles. The second-order valence-corrected chi connectivity index (χ2v) is 13.5. The first-order valence-corrected chi connectivity index (χ1v) is 18.3. The number of aromatic nitrogens is 4. The van der Waals surface area contributed by atoms with E-state index in [-0.39, 0.29) is 17.1 Å². The zero-order chi connectivity index (χ0) is 38.2. The molecule has 2 aliphatic heterocycles. The monoisotopic (exact) mass is 790 g/mol. The van der Waals surface area contributed by atoms with Gasteiger partial charge in [-0.3, -0.25) is 0 Å². The maximum absolute atomic E-state index is 5.64. The Morgan fingerprint density at radius 2 is 0.860 bits per heavy atom. The molecule has 8 nitrogen and oxygen atoms in total. The number of ether oxygens (including phenoxy) is 4. The zero-order valence-electron chi connectivity index (χ0n) is 31.7. The van der Waals surface area contributed by atoms with E-state index in [2.05, 4.69) is 94.9 Å². The number of nitrogens with one attached hydrogen (secondary N) is 2. The van der Waals surface area contributed by atoms with E-state index >= 15 is 0 Å². The number of aromatic amines is 2. The van der Waals surface area contributed by atoms with Gasteiger partial charge < -0.3 is 28.9 Å². The van der Waals surface area contributed by atoms with Crippen molar-refractivity contribution >= 4 is 45.9 Å². The molecule has 0 aliphatic carbocycles. The second kappa shape index (κ2) is 15.7. The summed E-state index contributed by atoms with van der Waals surface area (Å²) in [4.78, 5) is 18.0. The molecule has 3 aromatic heterocycles. The molecule has 0 saturated carbocycles. The van der Waals surface area contributed by atoms with Gasteiger partial charge in [-0.15, -0.1) is 0 Å². The summed E-state index contributed by atoms with van der Waals surface area (Å²) < 4.78 is 22.4. The topological polar surface area (TPSA) is 94.3 Å². The van der Waals surface area contributed by atoms with Gasteiger partial charge in [0.05, 0.1) is 56.7 Å². The van der Waals surface area contributed by atoms with Crippen LogP contribution in [0.15, 0.2) is 127 Å². The minimum absolute atomic E-state index is 0. The van der Waals surface area contributed by atoms with Crippen molar-refractivity contribution in [1.82, 2.24) is 19.9 Å². The normalized spacial score (nSPS) is 11.8. The summed E-state index contributed by atoms with van der Waals surface area (Å²) in [6.07, 6.45) is 6.24. The van der Waals surface area contributed by atoms with Crippen molar-refractivity contribution < 1.29 is 36.0 Å². The predicted molar refractivity (Wildman–Crippen MR) is 226 cm³/mol. The van der Waals surface area contributed by atoms with Crippen molar-refractivity contribution in [3.05, 3.63) is 156 Å². The van der Waals surface area contributed by atoms with Crippen molar-refractivity contribution in [3.8, 4) is 56.4 Å². The van der Waals surface area contributed by atoms with Gasteiger partial charge in [0.1, 0.15) is 23.0 Å². The quantitative estimate of drug-likeness (QED) is 0.149. The molecule has 2 aliphatic rings. The Balaban J connectivity index is 0.00000455. The SMILES string of the molecule is COc1ccc(C2=Cc3cc4ccc(cc5nc(cc6[nH]c(c(-c7ccc(OC)cc7)c2n3)c(-c2ccc(OC)cc2)c6-c2ccc(OC)cc2)C=C5)[nH]4)cc1.[Fe]. The number of methoxy groups -OCH3 is 4. The van der Waals surface area contributed by atoms with E-state index in [0.717, 1.165) is 112 Å². The maximum atomic E-state index is 5.64. The fourth-order valence-electron chi connectivity index (χ4n) is 7.39. The first kappa shape index (κ1) is 37.1. The van der Waals surface area contributed by atoms with Crippen LogP contribution in [0.3, 0.4) is 0 Å². The van der Waals surface area contributed by atoms with E-state index in [9.17, 15) is 0 Å². The number of hydrogen-bond donors (Lipinski definition) is 2. The molecule has 7 aromatic rings. The van der Waals surface area contributed by atoms with Crippen molar-refractivity contribution in [3.63, 3.8) is 0 Å². The molecule has 0 unspecified atom stereocenters. The molecule has 0 radical (unpaired) electrons. The Morgan fingerprint density at radius 1 is 0.421 bits per heavy atom. The standard InChI is InChI=1S/C48H38N4O4.Fe/c1-53-38-17-5-29(6-18-38)42-27-37-26-35-14-13-33(49-35)25-34-15-16-36(50-34)28-43-44(30-7-19-39(54-2)20-8-30)45(31-9-21-40(55-3)22-10-31)48(52-43)46(47(42)51-37)32-11-23-41(56-4)24-12-32;/h5-28,49,52H,1-4H3;. The average molecular weight is 791 g/mol. The van der Waals surface area contributed by atoms with Crippen LogP contribution in [0.1, 0.15) is 28.3 Å². The Morgan fingerprint density at radius 3 is 1.37 bits per heavy atom. The molecule has 2 N–H and O–H groups in total. The molecule has 4 aromatic carbocycles. The summed E-state index contributed by atoms with van der Waals surface area (Å²) >= 11 is 0. The molecule has 0 atom stereocenters. The number of nitrogens with zero attached hydrogens (tertiary/aromatic N) is 2. The zero-order valence-corrected chi connectivity index (χ0v) is 32.8. The fourth-order valence-corrected chi connectivity index (χ4v) is 7.39. The maximum Gasteiger partial charge on any atom is 0.118 e. The van der Waals surface area contributed by atoms with Gasteiger partial charge in [0.25, 0.3) is 0 Å². The molecule has 57 heavy (non-hydrogen) atoms. The third kappa shape index (κ3) is 7.22. The molecule has 0 spiro atoms. The summed E-state index contributed by atoms with van der Waals surface area (Å²) in [7, 11) is 6.72. The average Bonchev–Trinajstić information content (AvgIpc) is 4.06. The van der Waals surface area contributed by atoms with Crippen molar-refractivity contribution in [2.45, 2.75) is 0 Å². The summed E-state index contributed by atoms with van der Waals surface area (Å²) in [5.41, 5.74) is 14.8. The van der Waals surface area contributed by atoms with Crippen LogP contribution in [0.5, 0.6) is 23.0 Å². The van der Waals surface area contributed by atoms with E-state index in [4.69, 9.17) is 28.9 Å². The van der Waals surface area contributed by atoms with Crippen LogP contribution in [-0.2, 0) is 17.1 Å². The molecule has 0 amide bonds. The number of benzene rings is 4. The van der Waals surface area contributed by atoms with Crippen LogP contribution in [-0.4, -0.2) is 48.4 Å².